The molecular weight excluding hydrogens is 290 g/mol. The van der Waals surface area contributed by atoms with E-state index in [0.717, 1.165) is 4.90 Å². The summed E-state index contributed by atoms with van der Waals surface area (Å²) >= 11 is 0. The summed E-state index contributed by atoms with van der Waals surface area (Å²) in [4.78, 5) is 37.0. The maximum Gasteiger partial charge on any atom is 0.411 e. The minimum absolute atomic E-state index is 0.149. The minimum Gasteiger partial charge on any atom is -0.481 e. The van der Waals surface area contributed by atoms with Crippen molar-refractivity contribution in [3.05, 3.63) is 0 Å². The van der Waals surface area contributed by atoms with Crippen LogP contribution in [0.2, 0.25) is 0 Å². The van der Waals surface area contributed by atoms with E-state index in [9.17, 15) is 19.5 Å². The fourth-order valence-electron chi connectivity index (χ4n) is 2.23. The van der Waals surface area contributed by atoms with Gasteiger partial charge in [0, 0.05) is 6.54 Å². The van der Waals surface area contributed by atoms with Gasteiger partial charge in [-0.1, -0.05) is 0 Å². The molecule has 0 aliphatic carbocycles. The molecule has 1 N–H and O–H groups in total. The van der Waals surface area contributed by atoms with Gasteiger partial charge in [-0.05, 0) is 48.0 Å². The highest BCUT2D eigenvalue weighted by atomic mass is 16.6. The summed E-state index contributed by atoms with van der Waals surface area (Å²) in [6.07, 6.45) is -0.509. The molecular formula is C15H25NO6. The van der Waals surface area contributed by atoms with Gasteiger partial charge in [-0.3, -0.25) is 9.69 Å². The molecule has 1 aliphatic rings. The van der Waals surface area contributed by atoms with Crippen molar-refractivity contribution in [1.29, 1.82) is 0 Å². The highest BCUT2D eigenvalue weighted by molar-refractivity contribution is 5.88. The molecule has 0 unspecified atom stereocenters. The summed E-state index contributed by atoms with van der Waals surface area (Å²) in [5, 5.41) is 9.28. The number of carboxylic acid groups (broad SMARTS) is 1. The molecule has 7 nitrogen and oxygen atoms in total. The molecule has 0 bridgehead atoms. The Morgan fingerprint density at radius 1 is 1.00 bits per heavy atom. The first-order valence-electron chi connectivity index (χ1n) is 7.27. The Labute approximate surface area is 130 Å². The molecule has 0 saturated carbocycles. The minimum atomic E-state index is -1.16. The fraction of sp³-hybridized carbons (Fsp3) is 0.800. The lowest BCUT2D eigenvalue weighted by Crippen LogP contribution is -2.49. The van der Waals surface area contributed by atoms with E-state index in [4.69, 9.17) is 9.47 Å². The second-order valence-corrected chi connectivity index (χ2v) is 7.39. The molecule has 1 fully saturated rings. The van der Waals surface area contributed by atoms with Crippen LogP contribution < -0.4 is 0 Å². The average molecular weight is 315 g/mol. The first-order chi connectivity index (χ1) is 9.82. The maximum absolute atomic E-state index is 12.3. The molecule has 0 aromatic heterocycles. The highest BCUT2D eigenvalue weighted by Gasteiger charge is 2.48. The Morgan fingerprint density at radius 2 is 1.50 bits per heavy atom. The SMILES string of the molecule is CC(C)(C)OC(=O)[C@@H]1[C@@H](C(=O)O)CCN1C(=O)OC(C)(C)C. The van der Waals surface area contributed by atoms with Crippen LogP contribution in [0.25, 0.3) is 0 Å². The quantitative estimate of drug-likeness (QED) is 0.784. The topological polar surface area (TPSA) is 93.1 Å². The standard InChI is InChI=1S/C15H25NO6/c1-14(2,3)21-12(19)10-9(11(17)18)7-8-16(10)13(20)22-15(4,5)6/h9-10H,7-8H2,1-6H3,(H,17,18)/t9-,10-/m0/s1. The molecule has 0 aromatic rings. The van der Waals surface area contributed by atoms with Gasteiger partial charge in [0.05, 0.1) is 5.92 Å². The monoisotopic (exact) mass is 315 g/mol. The van der Waals surface area contributed by atoms with Crippen molar-refractivity contribution in [1.82, 2.24) is 4.90 Å². The molecule has 1 saturated heterocycles. The maximum atomic E-state index is 12.3. The van der Waals surface area contributed by atoms with E-state index in [2.05, 4.69) is 0 Å². The number of nitrogens with zero attached hydrogens (tertiary/aromatic N) is 1. The van der Waals surface area contributed by atoms with E-state index in [1.807, 2.05) is 0 Å². The second-order valence-electron chi connectivity index (χ2n) is 7.39. The van der Waals surface area contributed by atoms with Crippen molar-refractivity contribution in [3.8, 4) is 0 Å². The Hall–Kier alpha value is -1.79. The molecule has 0 spiro atoms. The predicted molar refractivity (Wildman–Crippen MR) is 78.3 cm³/mol. The summed E-state index contributed by atoms with van der Waals surface area (Å²) in [6.45, 7) is 10.3. The first-order valence-corrected chi connectivity index (χ1v) is 7.27. The molecule has 7 heteroatoms. The highest BCUT2D eigenvalue weighted by Crippen LogP contribution is 2.29. The van der Waals surface area contributed by atoms with Crippen LogP contribution in [-0.4, -0.2) is 51.8 Å². The van der Waals surface area contributed by atoms with Gasteiger partial charge in [-0.2, -0.15) is 0 Å². The number of amides is 1. The number of aliphatic carboxylic acids is 1. The van der Waals surface area contributed by atoms with Crippen LogP contribution in [0.5, 0.6) is 0 Å². The van der Waals surface area contributed by atoms with Crippen LogP contribution in [0.15, 0.2) is 0 Å². The number of carbonyl (C=O) groups is 3. The number of carbonyl (C=O) groups excluding carboxylic acids is 2. The zero-order valence-corrected chi connectivity index (χ0v) is 14.0. The van der Waals surface area contributed by atoms with E-state index < -0.39 is 41.2 Å². The van der Waals surface area contributed by atoms with E-state index in [-0.39, 0.29) is 13.0 Å². The molecule has 126 valence electrons. The van der Waals surface area contributed by atoms with Crippen molar-refractivity contribution in [3.63, 3.8) is 0 Å². The van der Waals surface area contributed by atoms with Gasteiger partial charge in [-0.15, -0.1) is 0 Å². The molecule has 1 heterocycles. The zero-order chi connectivity index (χ0) is 17.3. The zero-order valence-electron chi connectivity index (χ0n) is 14.0. The number of carboxylic acids is 1. The molecule has 0 radical (unpaired) electrons. The Bertz CT molecular complexity index is 460. The van der Waals surface area contributed by atoms with Crippen LogP contribution in [0.1, 0.15) is 48.0 Å². The molecule has 1 rings (SSSR count). The van der Waals surface area contributed by atoms with E-state index in [0.29, 0.717) is 0 Å². The largest absolute Gasteiger partial charge is 0.481 e. The Morgan fingerprint density at radius 3 is 1.91 bits per heavy atom. The Kier molecular flexibility index (Phi) is 5.10. The Balaban J connectivity index is 2.99. The lowest BCUT2D eigenvalue weighted by atomic mass is 10.0. The van der Waals surface area contributed by atoms with Crippen LogP contribution in [0.3, 0.4) is 0 Å². The summed E-state index contributed by atoms with van der Waals surface area (Å²) in [5.41, 5.74) is -1.49. The lowest BCUT2D eigenvalue weighted by molar-refractivity contribution is -0.165. The fourth-order valence-corrected chi connectivity index (χ4v) is 2.23. The van der Waals surface area contributed by atoms with Gasteiger partial charge in [0.1, 0.15) is 17.2 Å². The van der Waals surface area contributed by atoms with Gasteiger partial charge in [0.2, 0.25) is 0 Å². The van der Waals surface area contributed by atoms with Gasteiger partial charge in [-0.25, -0.2) is 9.59 Å². The van der Waals surface area contributed by atoms with Crippen molar-refractivity contribution >= 4 is 18.0 Å². The van der Waals surface area contributed by atoms with E-state index in [1.54, 1.807) is 41.5 Å². The van der Waals surface area contributed by atoms with Crippen LogP contribution in [-0.2, 0) is 19.1 Å². The molecule has 22 heavy (non-hydrogen) atoms. The summed E-state index contributed by atoms with van der Waals surface area (Å²) in [6, 6.07) is -1.16. The molecule has 1 aliphatic heterocycles. The summed E-state index contributed by atoms with van der Waals surface area (Å²) in [7, 11) is 0. The number of rotatable bonds is 2. The van der Waals surface area contributed by atoms with Crippen LogP contribution in [0.4, 0.5) is 4.79 Å². The lowest BCUT2D eigenvalue weighted by Gasteiger charge is -2.30. The number of likely N-dealkylation sites (tertiary alicyclic amines) is 1. The van der Waals surface area contributed by atoms with Gasteiger partial charge >= 0.3 is 18.0 Å². The molecule has 2 atom stereocenters. The third-order valence-corrected chi connectivity index (χ3v) is 2.99. The van der Waals surface area contributed by atoms with Crippen molar-refractivity contribution in [2.75, 3.05) is 6.54 Å². The third-order valence-electron chi connectivity index (χ3n) is 2.99. The predicted octanol–water partition coefficient (Wildman–Crippen LogP) is 2.04. The number of ether oxygens (including phenoxy) is 2. The van der Waals surface area contributed by atoms with E-state index in [1.165, 1.54) is 0 Å². The van der Waals surface area contributed by atoms with Crippen molar-refractivity contribution in [2.45, 2.75) is 65.2 Å². The number of esters is 1. The normalized spacial score (nSPS) is 22.4. The summed E-state index contributed by atoms with van der Waals surface area (Å²) in [5.74, 6) is -2.83. The third kappa shape index (κ3) is 4.89. The first kappa shape index (κ1) is 18.3. The molecule has 0 aromatic carbocycles. The van der Waals surface area contributed by atoms with Crippen LogP contribution in [0, 0.1) is 5.92 Å². The van der Waals surface area contributed by atoms with E-state index >= 15 is 0 Å². The number of hydrogen-bond acceptors (Lipinski definition) is 5. The average Bonchev–Trinajstić information content (AvgIpc) is 2.68. The van der Waals surface area contributed by atoms with Gasteiger partial charge in [0.25, 0.3) is 0 Å². The second kappa shape index (κ2) is 6.14. The van der Waals surface area contributed by atoms with Gasteiger partial charge in [0.15, 0.2) is 0 Å². The molecule has 1 amide bonds. The van der Waals surface area contributed by atoms with Gasteiger partial charge < -0.3 is 14.6 Å². The van der Waals surface area contributed by atoms with Crippen molar-refractivity contribution < 1.29 is 29.0 Å². The smallest absolute Gasteiger partial charge is 0.411 e. The van der Waals surface area contributed by atoms with Crippen LogP contribution >= 0.6 is 0 Å². The van der Waals surface area contributed by atoms with Crippen molar-refractivity contribution in [2.24, 2.45) is 5.92 Å². The number of hydrogen-bond donors (Lipinski definition) is 1. The summed E-state index contributed by atoms with van der Waals surface area (Å²) < 4.78 is 10.5.